The molecule has 0 aliphatic heterocycles. The maximum Gasteiger partial charge on any atom is 0.142 e. The van der Waals surface area contributed by atoms with Gasteiger partial charge >= 0.3 is 0 Å². The smallest absolute Gasteiger partial charge is 0.142 e. The Morgan fingerprint density at radius 2 is 2.00 bits per heavy atom. The standard InChI is InChI=1S/C15H23N3S2/c1-6-9(3)19-8-12-17-14(16-7-2)13-10(4)11(5)20-15(13)18-12/h9H,6-8H2,1-5H3,(H,16,17,18). The minimum atomic E-state index is 0.656. The van der Waals surface area contributed by atoms with Gasteiger partial charge in [0, 0.05) is 16.7 Å². The minimum absolute atomic E-state index is 0.656. The van der Waals surface area contributed by atoms with Gasteiger partial charge < -0.3 is 5.32 Å². The van der Waals surface area contributed by atoms with Crippen LogP contribution in [0.3, 0.4) is 0 Å². The number of anilines is 1. The molecule has 1 N–H and O–H groups in total. The van der Waals surface area contributed by atoms with E-state index in [0.717, 1.165) is 28.8 Å². The second kappa shape index (κ2) is 6.76. The zero-order chi connectivity index (χ0) is 14.7. The number of nitrogens with one attached hydrogen (secondary N) is 1. The third kappa shape index (κ3) is 3.26. The van der Waals surface area contributed by atoms with E-state index in [2.05, 4.69) is 39.9 Å². The molecule has 2 heterocycles. The Morgan fingerprint density at radius 3 is 2.65 bits per heavy atom. The monoisotopic (exact) mass is 309 g/mol. The van der Waals surface area contributed by atoms with Crippen LogP contribution in [0.4, 0.5) is 5.82 Å². The number of thioether (sulfide) groups is 1. The second-order valence-electron chi connectivity index (χ2n) is 5.01. The van der Waals surface area contributed by atoms with Crippen molar-refractivity contribution in [1.29, 1.82) is 0 Å². The summed E-state index contributed by atoms with van der Waals surface area (Å²) in [6, 6.07) is 0. The molecule has 3 nitrogen and oxygen atoms in total. The maximum absolute atomic E-state index is 4.75. The largest absolute Gasteiger partial charge is 0.370 e. The Bertz CT molecular complexity index is 592. The number of aryl methyl sites for hydroxylation is 2. The molecular weight excluding hydrogens is 286 g/mol. The van der Waals surface area contributed by atoms with E-state index in [4.69, 9.17) is 9.97 Å². The van der Waals surface area contributed by atoms with E-state index in [0.29, 0.717) is 5.25 Å². The molecule has 2 aromatic heterocycles. The van der Waals surface area contributed by atoms with Crippen molar-refractivity contribution in [2.75, 3.05) is 11.9 Å². The highest BCUT2D eigenvalue weighted by Crippen LogP contribution is 2.33. The molecule has 1 atom stereocenters. The summed E-state index contributed by atoms with van der Waals surface area (Å²) < 4.78 is 0. The first-order chi connectivity index (χ1) is 9.56. The molecule has 0 bridgehead atoms. The van der Waals surface area contributed by atoms with Gasteiger partial charge in [0.25, 0.3) is 0 Å². The third-order valence-corrected chi connectivity index (χ3v) is 5.92. The van der Waals surface area contributed by atoms with Gasteiger partial charge in [0.1, 0.15) is 16.5 Å². The van der Waals surface area contributed by atoms with Crippen LogP contribution in [-0.4, -0.2) is 21.8 Å². The van der Waals surface area contributed by atoms with Crippen molar-refractivity contribution in [2.24, 2.45) is 0 Å². The summed E-state index contributed by atoms with van der Waals surface area (Å²) in [4.78, 5) is 11.9. The van der Waals surface area contributed by atoms with Crippen LogP contribution in [0, 0.1) is 13.8 Å². The Balaban J connectivity index is 2.37. The molecule has 0 saturated heterocycles. The van der Waals surface area contributed by atoms with Crippen LogP contribution in [0.5, 0.6) is 0 Å². The number of hydrogen-bond acceptors (Lipinski definition) is 5. The van der Waals surface area contributed by atoms with Crippen LogP contribution < -0.4 is 5.32 Å². The number of aromatic nitrogens is 2. The molecule has 0 spiro atoms. The van der Waals surface area contributed by atoms with Crippen molar-refractivity contribution < 1.29 is 0 Å². The molecule has 2 rings (SSSR count). The third-order valence-electron chi connectivity index (χ3n) is 3.49. The van der Waals surface area contributed by atoms with Crippen LogP contribution in [0.25, 0.3) is 10.2 Å². The van der Waals surface area contributed by atoms with Gasteiger partial charge in [-0.3, -0.25) is 0 Å². The summed E-state index contributed by atoms with van der Waals surface area (Å²) in [5.74, 6) is 2.83. The van der Waals surface area contributed by atoms with Crippen LogP contribution in [0.2, 0.25) is 0 Å². The van der Waals surface area contributed by atoms with Crippen molar-refractivity contribution in [1.82, 2.24) is 9.97 Å². The Kier molecular flexibility index (Phi) is 5.27. The Labute approximate surface area is 129 Å². The fourth-order valence-corrected chi connectivity index (χ4v) is 3.83. The fraction of sp³-hybridized carbons (Fsp3) is 0.600. The van der Waals surface area contributed by atoms with Crippen LogP contribution in [0.1, 0.15) is 43.5 Å². The topological polar surface area (TPSA) is 37.8 Å². The molecule has 0 fully saturated rings. The molecule has 1 unspecified atom stereocenters. The molecule has 110 valence electrons. The van der Waals surface area contributed by atoms with Crippen LogP contribution in [-0.2, 0) is 5.75 Å². The van der Waals surface area contributed by atoms with Gasteiger partial charge in [-0.05, 0) is 32.8 Å². The lowest BCUT2D eigenvalue weighted by Crippen LogP contribution is -2.04. The molecule has 0 aliphatic carbocycles. The van der Waals surface area contributed by atoms with Gasteiger partial charge in [0.2, 0.25) is 0 Å². The van der Waals surface area contributed by atoms with E-state index in [1.54, 1.807) is 11.3 Å². The van der Waals surface area contributed by atoms with E-state index in [-0.39, 0.29) is 0 Å². The lowest BCUT2D eigenvalue weighted by molar-refractivity contribution is 0.902. The van der Waals surface area contributed by atoms with Gasteiger partial charge in [0.15, 0.2) is 0 Å². The van der Waals surface area contributed by atoms with Crippen LogP contribution >= 0.6 is 23.1 Å². The molecule has 0 amide bonds. The highest BCUT2D eigenvalue weighted by atomic mass is 32.2. The first-order valence-corrected chi connectivity index (χ1v) is 9.05. The highest BCUT2D eigenvalue weighted by molar-refractivity contribution is 7.99. The van der Waals surface area contributed by atoms with Crippen molar-refractivity contribution >= 4 is 39.1 Å². The number of fused-ring (bicyclic) bond motifs is 1. The van der Waals surface area contributed by atoms with Gasteiger partial charge in [-0.2, -0.15) is 11.8 Å². The predicted molar refractivity (Wildman–Crippen MR) is 92.1 cm³/mol. The van der Waals surface area contributed by atoms with E-state index < -0.39 is 0 Å². The quantitative estimate of drug-likeness (QED) is 0.834. The van der Waals surface area contributed by atoms with E-state index in [9.17, 15) is 0 Å². The van der Waals surface area contributed by atoms with Gasteiger partial charge in [-0.25, -0.2) is 9.97 Å². The van der Waals surface area contributed by atoms with Gasteiger partial charge in [-0.1, -0.05) is 13.8 Å². The number of nitrogens with zero attached hydrogens (tertiary/aromatic N) is 2. The SMILES string of the molecule is CCNc1nc(CSC(C)CC)nc2sc(C)c(C)c12. The second-order valence-corrected chi connectivity index (χ2v) is 7.64. The summed E-state index contributed by atoms with van der Waals surface area (Å²) in [6.07, 6.45) is 1.18. The molecule has 0 radical (unpaired) electrons. The minimum Gasteiger partial charge on any atom is -0.370 e. The molecule has 2 aromatic rings. The average molecular weight is 310 g/mol. The lowest BCUT2D eigenvalue weighted by Gasteiger charge is -2.10. The van der Waals surface area contributed by atoms with Gasteiger partial charge in [0.05, 0.1) is 11.1 Å². The first-order valence-electron chi connectivity index (χ1n) is 7.18. The van der Waals surface area contributed by atoms with Gasteiger partial charge in [-0.15, -0.1) is 11.3 Å². The van der Waals surface area contributed by atoms with E-state index in [1.807, 2.05) is 11.8 Å². The highest BCUT2D eigenvalue weighted by Gasteiger charge is 2.14. The van der Waals surface area contributed by atoms with E-state index >= 15 is 0 Å². The summed E-state index contributed by atoms with van der Waals surface area (Å²) >= 11 is 3.70. The normalized spacial score (nSPS) is 12.8. The van der Waals surface area contributed by atoms with Crippen molar-refractivity contribution in [3.8, 4) is 0 Å². The number of thiophene rings is 1. The summed E-state index contributed by atoms with van der Waals surface area (Å²) in [6.45, 7) is 11.8. The number of hydrogen-bond donors (Lipinski definition) is 1. The molecule has 0 saturated carbocycles. The maximum atomic E-state index is 4.75. The lowest BCUT2D eigenvalue weighted by atomic mass is 10.2. The molecular formula is C15H23N3S2. The van der Waals surface area contributed by atoms with E-state index in [1.165, 1.54) is 22.2 Å². The molecule has 5 heteroatoms. The van der Waals surface area contributed by atoms with Crippen LogP contribution in [0.15, 0.2) is 0 Å². The summed E-state index contributed by atoms with van der Waals surface area (Å²) in [7, 11) is 0. The van der Waals surface area contributed by atoms with Crippen molar-refractivity contribution in [2.45, 2.75) is 52.0 Å². The molecule has 20 heavy (non-hydrogen) atoms. The predicted octanol–water partition coefficient (Wildman–Crippen LogP) is 4.77. The summed E-state index contributed by atoms with van der Waals surface area (Å²) in [5.41, 5.74) is 1.31. The zero-order valence-corrected chi connectivity index (χ0v) is 14.5. The molecule has 0 aliphatic rings. The Hall–Kier alpha value is -0.810. The van der Waals surface area contributed by atoms with Crippen molar-refractivity contribution in [3.63, 3.8) is 0 Å². The fourth-order valence-electron chi connectivity index (χ4n) is 1.99. The average Bonchev–Trinajstić information content (AvgIpc) is 2.72. The summed E-state index contributed by atoms with van der Waals surface area (Å²) in [5, 5.41) is 5.25. The number of rotatable bonds is 6. The first kappa shape index (κ1) is 15.6. The Morgan fingerprint density at radius 1 is 1.25 bits per heavy atom. The zero-order valence-electron chi connectivity index (χ0n) is 12.9. The van der Waals surface area contributed by atoms with Crippen molar-refractivity contribution in [3.05, 3.63) is 16.3 Å². The molecule has 0 aromatic carbocycles.